The molecule has 25 heavy (non-hydrogen) atoms. The minimum Gasteiger partial charge on any atom is -0.376 e. The van der Waals surface area contributed by atoms with Crippen molar-refractivity contribution < 1.29 is 25.8 Å². The molecule has 0 amide bonds. The molecule has 1 aliphatic rings. The minimum absolute atomic E-state index is 0.203. The molecule has 1 atom stereocenters. The Bertz CT molecular complexity index is 683. The van der Waals surface area contributed by atoms with Gasteiger partial charge in [0.25, 0.3) is 0 Å². The molecule has 0 heterocycles. The summed E-state index contributed by atoms with van der Waals surface area (Å²) in [6.07, 6.45) is 4.05. The van der Waals surface area contributed by atoms with E-state index in [0.717, 1.165) is 37.9 Å². The van der Waals surface area contributed by atoms with E-state index in [9.17, 15) is 21.6 Å². The summed E-state index contributed by atoms with van der Waals surface area (Å²) in [5.41, 5.74) is -3.99. The van der Waals surface area contributed by atoms with E-state index < -0.39 is 15.6 Å². The molecule has 1 aromatic carbocycles. The first-order valence-electron chi connectivity index (χ1n) is 8.55. The summed E-state index contributed by atoms with van der Waals surface area (Å²) in [4.78, 5) is 2.41. The maximum absolute atomic E-state index is 12.6. The zero-order chi connectivity index (χ0) is 18.7. The molecule has 0 radical (unpaired) electrons. The smallest absolute Gasteiger partial charge is 0.376 e. The summed E-state index contributed by atoms with van der Waals surface area (Å²) in [5.74, 6) is -0.203. The average Bonchev–Trinajstić information content (AvgIpc) is 2.53. The van der Waals surface area contributed by atoms with Crippen LogP contribution < -0.4 is 4.18 Å². The van der Waals surface area contributed by atoms with Gasteiger partial charge in [0.05, 0.1) is 0 Å². The van der Waals surface area contributed by atoms with Gasteiger partial charge in [-0.15, -0.1) is 0 Å². The molecule has 0 N–H and O–H groups in total. The molecule has 0 spiro atoms. The standard InChI is InChI=1S/C17H24F3NO3S/c1-3-10-21(11-4-2)14-8-9-15-13(12-14)6-5-7-16(15)24-25(22,23)17(18,19)20/h5-7,14H,3-4,8-12H2,1-2H3/t14-/m1/s1. The van der Waals surface area contributed by atoms with Gasteiger partial charge in [0.15, 0.2) is 0 Å². The molecule has 1 aliphatic carbocycles. The first-order valence-corrected chi connectivity index (χ1v) is 9.96. The fourth-order valence-electron chi connectivity index (χ4n) is 3.36. The van der Waals surface area contributed by atoms with E-state index in [1.807, 2.05) is 6.07 Å². The van der Waals surface area contributed by atoms with E-state index >= 15 is 0 Å². The van der Waals surface area contributed by atoms with Crippen molar-refractivity contribution in [1.29, 1.82) is 0 Å². The van der Waals surface area contributed by atoms with Crippen LogP contribution in [-0.2, 0) is 23.0 Å². The maximum Gasteiger partial charge on any atom is 0.534 e. The first-order chi connectivity index (χ1) is 11.7. The lowest BCUT2D eigenvalue weighted by molar-refractivity contribution is -0.0500. The molecule has 0 fully saturated rings. The van der Waals surface area contributed by atoms with E-state index in [0.29, 0.717) is 24.4 Å². The van der Waals surface area contributed by atoms with Gasteiger partial charge in [-0.05, 0) is 62.4 Å². The SMILES string of the molecule is CCCN(CCC)[C@@H]1CCc2c(cccc2OS(=O)(=O)C(F)(F)F)C1. The zero-order valence-electron chi connectivity index (χ0n) is 14.5. The van der Waals surface area contributed by atoms with Crippen LogP contribution in [-0.4, -0.2) is 38.0 Å². The molecule has 0 aliphatic heterocycles. The lowest BCUT2D eigenvalue weighted by atomic mass is 9.86. The number of rotatable bonds is 7. The number of alkyl halides is 3. The van der Waals surface area contributed by atoms with Gasteiger partial charge in [0.2, 0.25) is 0 Å². The van der Waals surface area contributed by atoms with Crippen molar-refractivity contribution in [3.05, 3.63) is 29.3 Å². The Balaban J connectivity index is 2.23. The van der Waals surface area contributed by atoms with E-state index in [1.165, 1.54) is 6.07 Å². The highest BCUT2D eigenvalue weighted by molar-refractivity contribution is 7.88. The number of hydrogen-bond donors (Lipinski definition) is 0. The van der Waals surface area contributed by atoms with Crippen LogP contribution in [0.5, 0.6) is 5.75 Å². The Hall–Kier alpha value is -1.28. The van der Waals surface area contributed by atoms with Crippen LogP contribution in [0.25, 0.3) is 0 Å². The first kappa shape index (κ1) is 20.0. The highest BCUT2D eigenvalue weighted by Crippen LogP contribution is 2.34. The van der Waals surface area contributed by atoms with Crippen LogP contribution in [0.3, 0.4) is 0 Å². The van der Waals surface area contributed by atoms with Crippen LogP contribution in [0.4, 0.5) is 13.2 Å². The van der Waals surface area contributed by atoms with Crippen LogP contribution >= 0.6 is 0 Å². The molecule has 0 bridgehead atoms. The van der Waals surface area contributed by atoms with Gasteiger partial charge in [-0.3, -0.25) is 0 Å². The van der Waals surface area contributed by atoms with Gasteiger partial charge >= 0.3 is 15.6 Å². The summed E-state index contributed by atoms with van der Waals surface area (Å²) in [6.45, 7) is 6.19. The van der Waals surface area contributed by atoms with E-state index in [1.54, 1.807) is 6.07 Å². The molecule has 0 aromatic heterocycles. The van der Waals surface area contributed by atoms with Crippen LogP contribution in [0.1, 0.15) is 44.2 Å². The summed E-state index contributed by atoms with van der Waals surface area (Å²) in [7, 11) is -5.64. The van der Waals surface area contributed by atoms with Crippen molar-refractivity contribution in [1.82, 2.24) is 4.90 Å². The second kappa shape index (κ2) is 7.95. The summed E-state index contributed by atoms with van der Waals surface area (Å²) < 4.78 is 64.7. The molecule has 1 aromatic rings. The zero-order valence-corrected chi connectivity index (χ0v) is 15.3. The average molecular weight is 379 g/mol. The Morgan fingerprint density at radius 2 is 1.84 bits per heavy atom. The quantitative estimate of drug-likeness (QED) is 0.533. The monoisotopic (exact) mass is 379 g/mol. The Labute approximate surface area is 147 Å². The molecule has 0 saturated carbocycles. The van der Waals surface area contributed by atoms with Crippen molar-refractivity contribution in [3.8, 4) is 5.75 Å². The fraction of sp³-hybridized carbons (Fsp3) is 0.647. The van der Waals surface area contributed by atoms with Gasteiger partial charge in [-0.2, -0.15) is 21.6 Å². The number of fused-ring (bicyclic) bond motifs is 1. The van der Waals surface area contributed by atoms with Crippen molar-refractivity contribution in [2.45, 2.75) is 57.5 Å². The lowest BCUT2D eigenvalue weighted by Gasteiger charge is -2.35. The third kappa shape index (κ3) is 4.67. The van der Waals surface area contributed by atoms with Crippen molar-refractivity contribution >= 4 is 10.1 Å². The Morgan fingerprint density at radius 3 is 2.40 bits per heavy atom. The van der Waals surface area contributed by atoms with E-state index in [-0.39, 0.29) is 5.75 Å². The number of hydrogen-bond acceptors (Lipinski definition) is 4. The lowest BCUT2D eigenvalue weighted by Crippen LogP contribution is -2.40. The van der Waals surface area contributed by atoms with Gasteiger partial charge < -0.3 is 9.08 Å². The normalized spacial score (nSPS) is 18.2. The van der Waals surface area contributed by atoms with Gasteiger partial charge in [-0.1, -0.05) is 26.0 Å². The number of benzene rings is 1. The highest BCUT2D eigenvalue weighted by Gasteiger charge is 2.49. The predicted octanol–water partition coefficient (Wildman–Crippen LogP) is 3.89. The van der Waals surface area contributed by atoms with Crippen LogP contribution in [0, 0.1) is 0 Å². The highest BCUT2D eigenvalue weighted by atomic mass is 32.2. The van der Waals surface area contributed by atoms with E-state index in [2.05, 4.69) is 22.9 Å². The maximum atomic E-state index is 12.6. The predicted molar refractivity (Wildman–Crippen MR) is 90.0 cm³/mol. The topological polar surface area (TPSA) is 46.6 Å². The van der Waals surface area contributed by atoms with Crippen LogP contribution in [0.15, 0.2) is 18.2 Å². The molecular formula is C17H24F3NO3S. The van der Waals surface area contributed by atoms with Gasteiger partial charge in [0.1, 0.15) is 5.75 Å². The summed E-state index contributed by atoms with van der Waals surface area (Å²) in [5, 5.41) is 0. The van der Waals surface area contributed by atoms with Crippen molar-refractivity contribution in [2.24, 2.45) is 0 Å². The fourth-order valence-corrected chi connectivity index (χ4v) is 3.85. The molecule has 0 saturated heterocycles. The second-order valence-corrected chi connectivity index (χ2v) is 7.85. The molecule has 8 heteroatoms. The molecule has 0 unspecified atom stereocenters. The van der Waals surface area contributed by atoms with Crippen molar-refractivity contribution in [2.75, 3.05) is 13.1 Å². The Morgan fingerprint density at radius 1 is 1.20 bits per heavy atom. The number of halogens is 3. The number of nitrogens with zero attached hydrogens (tertiary/aromatic N) is 1. The molecular weight excluding hydrogens is 355 g/mol. The van der Waals surface area contributed by atoms with Crippen molar-refractivity contribution in [3.63, 3.8) is 0 Å². The minimum atomic E-state index is -5.64. The van der Waals surface area contributed by atoms with Crippen LogP contribution in [0.2, 0.25) is 0 Å². The third-order valence-corrected chi connectivity index (χ3v) is 5.40. The molecule has 142 valence electrons. The Kier molecular flexibility index (Phi) is 6.37. The largest absolute Gasteiger partial charge is 0.534 e. The molecule has 4 nitrogen and oxygen atoms in total. The third-order valence-electron chi connectivity index (χ3n) is 4.43. The van der Waals surface area contributed by atoms with Gasteiger partial charge in [-0.25, -0.2) is 0 Å². The summed E-state index contributed by atoms with van der Waals surface area (Å²) >= 11 is 0. The van der Waals surface area contributed by atoms with Gasteiger partial charge in [0, 0.05) is 6.04 Å². The van der Waals surface area contributed by atoms with E-state index in [4.69, 9.17) is 0 Å². The second-order valence-electron chi connectivity index (χ2n) is 6.31. The summed E-state index contributed by atoms with van der Waals surface area (Å²) in [6, 6.07) is 5.00. The molecule has 2 rings (SSSR count).